The summed E-state index contributed by atoms with van der Waals surface area (Å²) in [7, 11) is 0.613. The van der Waals surface area contributed by atoms with E-state index in [2.05, 4.69) is 59.4 Å². The molecule has 3 heteroatoms. The first-order chi connectivity index (χ1) is 8.84. The molecule has 0 aromatic heterocycles. The van der Waals surface area contributed by atoms with E-state index in [4.69, 9.17) is 4.74 Å². The molecule has 3 aliphatic carbocycles. The van der Waals surface area contributed by atoms with Crippen LogP contribution in [-0.4, -0.2) is 21.8 Å². The molecule has 3 aliphatic rings. The molecule has 0 spiro atoms. The van der Waals surface area contributed by atoms with Gasteiger partial charge in [-0.05, 0) is 45.5 Å². The van der Waals surface area contributed by atoms with Gasteiger partial charge in [-0.3, -0.25) is 0 Å². The van der Waals surface area contributed by atoms with Gasteiger partial charge in [0, 0.05) is 42.4 Å². The van der Waals surface area contributed by atoms with Gasteiger partial charge in [0.05, 0.1) is 8.07 Å². The fraction of sp³-hybridized carbons (Fsp3) is 0.875. The van der Waals surface area contributed by atoms with Crippen molar-refractivity contribution in [3.8, 4) is 9.85 Å². The summed E-state index contributed by atoms with van der Waals surface area (Å²) in [6, 6.07) is 1.15. The molecule has 1 nitrogen and oxygen atoms in total. The molecular weight excluding hydrogens is 363 g/mol. The first kappa shape index (κ1) is 15.8. The third-order valence-corrected chi connectivity index (χ3v) is 10.2. The third kappa shape index (κ3) is 2.78. The van der Waals surface area contributed by atoms with Crippen LogP contribution in [0.5, 0.6) is 0 Å². The van der Waals surface area contributed by atoms with E-state index in [1.54, 1.807) is 0 Å². The van der Waals surface area contributed by atoms with Crippen LogP contribution in [-0.2, 0) is 4.74 Å². The van der Waals surface area contributed by atoms with E-state index in [-0.39, 0.29) is 0 Å². The average molecular weight is 390 g/mol. The topological polar surface area (TPSA) is 9.23 Å². The number of methoxy groups -OCH3 is 1. The van der Waals surface area contributed by atoms with Crippen molar-refractivity contribution in [3.05, 3.63) is 0 Å². The summed E-state index contributed by atoms with van der Waals surface area (Å²) < 4.78 is 8.66. The van der Waals surface area contributed by atoms with E-state index < -0.39 is 8.07 Å². The standard InChI is InChI=1S/C16H27IOSi/c1-16(2)12-9-14(16)13(11-18-3)15(10-12)19(4,5)8-6-7-17/h12-15H,8-11H2,1-5H3/t12-,13+,14+,15+/m1/s1. The Balaban J connectivity index is 2.18. The highest BCUT2D eigenvalue weighted by Crippen LogP contribution is 2.66. The summed E-state index contributed by atoms with van der Waals surface area (Å²) in [4.78, 5) is 0. The van der Waals surface area contributed by atoms with E-state index >= 15 is 0 Å². The first-order valence-corrected chi connectivity index (χ1v) is 11.8. The Labute approximate surface area is 133 Å². The van der Waals surface area contributed by atoms with Gasteiger partial charge >= 0.3 is 0 Å². The number of rotatable bonds is 4. The maximum absolute atomic E-state index is 5.58. The van der Waals surface area contributed by atoms with Crippen molar-refractivity contribution in [1.82, 2.24) is 0 Å². The van der Waals surface area contributed by atoms with Crippen LogP contribution < -0.4 is 0 Å². The highest BCUT2D eigenvalue weighted by Gasteiger charge is 2.59. The van der Waals surface area contributed by atoms with E-state index in [0.29, 0.717) is 5.41 Å². The predicted octanol–water partition coefficient (Wildman–Crippen LogP) is 4.79. The lowest BCUT2D eigenvalue weighted by Crippen LogP contribution is -2.59. The molecule has 108 valence electrons. The first-order valence-electron chi connectivity index (χ1n) is 7.42. The second-order valence-corrected chi connectivity index (χ2v) is 13.4. The summed E-state index contributed by atoms with van der Waals surface area (Å²) in [5.41, 5.74) is 1.46. The van der Waals surface area contributed by atoms with Gasteiger partial charge < -0.3 is 4.74 Å². The highest BCUT2D eigenvalue weighted by atomic mass is 127. The highest BCUT2D eigenvalue weighted by molar-refractivity contribution is 14.1. The zero-order chi connectivity index (χ0) is 14.3. The van der Waals surface area contributed by atoms with Crippen LogP contribution in [0.4, 0.5) is 0 Å². The van der Waals surface area contributed by atoms with Crippen LogP contribution in [0.2, 0.25) is 24.7 Å². The SMILES string of the molecule is COC[C@H]1[C@@H]2C[C@H](C[C@@H]1[Si](C)(C)CC#CI)C2(C)C. The van der Waals surface area contributed by atoms with Gasteiger partial charge in [-0.15, -0.1) is 0 Å². The van der Waals surface area contributed by atoms with Gasteiger partial charge in [0.2, 0.25) is 0 Å². The summed E-state index contributed by atoms with van der Waals surface area (Å²) in [5.74, 6) is 5.98. The lowest BCUT2D eigenvalue weighted by atomic mass is 9.45. The van der Waals surface area contributed by atoms with Gasteiger partial charge in [-0.25, -0.2) is 0 Å². The smallest absolute Gasteiger partial charge is 0.0638 e. The van der Waals surface area contributed by atoms with E-state index in [9.17, 15) is 0 Å². The van der Waals surface area contributed by atoms with E-state index in [1.165, 1.54) is 12.8 Å². The molecule has 3 rings (SSSR count). The van der Waals surface area contributed by atoms with Crippen molar-refractivity contribution in [2.75, 3.05) is 13.7 Å². The van der Waals surface area contributed by atoms with E-state index in [1.807, 2.05) is 7.11 Å². The Morgan fingerprint density at radius 2 is 2.00 bits per heavy atom. The average Bonchev–Trinajstić information content (AvgIpc) is 2.36. The van der Waals surface area contributed by atoms with Gasteiger partial charge in [-0.2, -0.15) is 0 Å². The molecule has 0 aromatic carbocycles. The van der Waals surface area contributed by atoms with Crippen molar-refractivity contribution in [1.29, 1.82) is 0 Å². The second kappa shape index (κ2) is 5.69. The summed E-state index contributed by atoms with van der Waals surface area (Å²) in [6.45, 7) is 11.0. The minimum atomic E-state index is -1.26. The molecule has 0 amide bonds. The van der Waals surface area contributed by atoms with E-state index in [0.717, 1.165) is 35.9 Å². The normalized spacial score (nSPS) is 36.1. The molecule has 0 radical (unpaired) electrons. The molecule has 0 aliphatic heterocycles. The molecule has 0 aromatic rings. The molecule has 3 saturated carbocycles. The quantitative estimate of drug-likeness (QED) is 0.381. The zero-order valence-corrected chi connectivity index (χ0v) is 16.1. The number of fused-ring (bicyclic) bond motifs is 2. The van der Waals surface area contributed by atoms with Crippen LogP contribution in [0, 0.1) is 33.0 Å². The molecule has 0 N–H and O–H groups in total. The maximum atomic E-state index is 5.58. The van der Waals surface area contributed by atoms with Crippen LogP contribution in [0.1, 0.15) is 26.7 Å². The lowest BCUT2D eigenvalue weighted by molar-refractivity contribution is -0.121. The van der Waals surface area contributed by atoms with Gasteiger partial charge in [0.1, 0.15) is 0 Å². The summed E-state index contributed by atoms with van der Waals surface area (Å²) in [6.07, 6.45) is 2.87. The van der Waals surface area contributed by atoms with Crippen LogP contribution in [0.25, 0.3) is 0 Å². The molecule has 0 unspecified atom stereocenters. The number of hydrogen-bond acceptors (Lipinski definition) is 1. The summed E-state index contributed by atoms with van der Waals surface area (Å²) >= 11 is 2.18. The number of ether oxygens (including phenoxy) is 1. The Morgan fingerprint density at radius 1 is 1.32 bits per heavy atom. The molecule has 0 heterocycles. The third-order valence-electron chi connectivity index (χ3n) is 6.09. The Hall–Kier alpha value is 0.467. The van der Waals surface area contributed by atoms with Crippen molar-refractivity contribution >= 4 is 30.7 Å². The fourth-order valence-electron chi connectivity index (χ4n) is 4.66. The molecular formula is C16H27IOSi. The van der Waals surface area contributed by atoms with Gasteiger partial charge in [-0.1, -0.05) is 32.9 Å². The van der Waals surface area contributed by atoms with Gasteiger partial charge in [0.15, 0.2) is 0 Å². The molecule has 0 saturated heterocycles. The van der Waals surface area contributed by atoms with Crippen molar-refractivity contribution in [2.45, 2.75) is 51.4 Å². The number of halogens is 1. The monoisotopic (exact) mass is 390 g/mol. The van der Waals surface area contributed by atoms with Crippen molar-refractivity contribution in [2.24, 2.45) is 23.2 Å². The van der Waals surface area contributed by atoms with Crippen molar-refractivity contribution < 1.29 is 4.74 Å². The molecule has 3 fully saturated rings. The van der Waals surface area contributed by atoms with Crippen LogP contribution >= 0.6 is 22.6 Å². The molecule has 4 atom stereocenters. The largest absolute Gasteiger partial charge is 0.384 e. The van der Waals surface area contributed by atoms with Crippen LogP contribution in [0.3, 0.4) is 0 Å². The predicted molar refractivity (Wildman–Crippen MR) is 93.2 cm³/mol. The Bertz CT molecular complexity index is 393. The minimum Gasteiger partial charge on any atom is -0.384 e. The van der Waals surface area contributed by atoms with Crippen LogP contribution in [0.15, 0.2) is 0 Å². The Morgan fingerprint density at radius 3 is 2.53 bits per heavy atom. The maximum Gasteiger partial charge on any atom is 0.0638 e. The zero-order valence-electron chi connectivity index (χ0n) is 12.9. The molecule has 19 heavy (non-hydrogen) atoms. The second-order valence-electron chi connectivity index (χ2n) is 7.76. The fourth-order valence-corrected chi connectivity index (χ4v) is 8.43. The molecule has 2 bridgehead atoms. The van der Waals surface area contributed by atoms with Gasteiger partial charge in [0.25, 0.3) is 0 Å². The van der Waals surface area contributed by atoms with Crippen molar-refractivity contribution in [3.63, 3.8) is 0 Å². The summed E-state index contributed by atoms with van der Waals surface area (Å²) in [5, 5.41) is 0. The Kier molecular flexibility index (Phi) is 4.75. The minimum absolute atomic E-state index is 0.555. The number of hydrogen-bond donors (Lipinski definition) is 0. The lowest BCUT2D eigenvalue weighted by Gasteiger charge is -2.64.